The summed E-state index contributed by atoms with van der Waals surface area (Å²) in [5.74, 6) is 0.619. The SMILES string of the molecule is CC(C)c1nccc([C@H]2CC(=O)Nc3cc(NS(C)(=O)=O)ccc32)n1. The summed E-state index contributed by atoms with van der Waals surface area (Å²) in [7, 11) is -3.38. The Morgan fingerprint density at radius 2 is 2.04 bits per heavy atom. The zero-order valence-corrected chi connectivity index (χ0v) is 15.1. The minimum absolute atomic E-state index is 0.126. The number of carbonyl (C=O) groups is 1. The van der Waals surface area contributed by atoms with Gasteiger partial charge in [-0.2, -0.15) is 0 Å². The van der Waals surface area contributed by atoms with Gasteiger partial charge in [-0.3, -0.25) is 9.52 Å². The third kappa shape index (κ3) is 3.96. The van der Waals surface area contributed by atoms with Gasteiger partial charge < -0.3 is 5.32 Å². The number of sulfonamides is 1. The van der Waals surface area contributed by atoms with Gasteiger partial charge in [0.15, 0.2) is 0 Å². The van der Waals surface area contributed by atoms with E-state index in [9.17, 15) is 13.2 Å². The summed E-state index contributed by atoms with van der Waals surface area (Å²) in [4.78, 5) is 21.0. The molecule has 1 atom stereocenters. The van der Waals surface area contributed by atoms with Crippen LogP contribution in [0.25, 0.3) is 0 Å². The van der Waals surface area contributed by atoms with Crippen LogP contribution in [0.15, 0.2) is 30.5 Å². The molecular weight excluding hydrogens is 340 g/mol. The Bertz CT molecular complexity index is 925. The maximum Gasteiger partial charge on any atom is 0.229 e. The zero-order valence-electron chi connectivity index (χ0n) is 14.3. The summed E-state index contributed by atoms with van der Waals surface area (Å²) in [6, 6.07) is 6.96. The van der Waals surface area contributed by atoms with Crippen LogP contribution in [0.4, 0.5) is 11.4 Å². The van der Waals surface area contributed by atoms with Crippen LogP contribution in [0.3, 0.4) is 0 Å². The minimum atomic E-state index is -3.38. The highest BCUT2D eigenvalue weighted by atomic mass is 32.2. The molecule has 1 aromatic heterocycles. The van der Waals surface area contributed by atoms with Crippen LogP contribution >= 0.6 is 0 Å². The third-order valence-corrected chi connectivity index (χ3v) is 4.57. The van der Waals surface area contributed by atoms with Gasteiger partial charge in [-0.25, -0.2) is 18.4 Å². The van der Waals surface area contributed by atoms with Crippen LogP contribution < -0.4 is 10.0 Å². The first-order valence-electron chi connectivity index (χ1n) is 7.97. The second-order valence-corrected chi connectivity index (χ2v) is 8.22. The molecule has 0 aliphatic carbocycles. The van der Waals surface area contributed by atoms with Gasteiger partial charge in [0.2, 0.25) is 15.9 Å². The van der Waals surface area contributed by atoms with Gasteiger partial charge in [-0.1, -0.05) is 19.9 Å². The molecule has 0 bridgehead atoms. The highest BCUT2D eigenvalue weighted by Gasteiger charge is 2.28. The molecule has 0 saturated carbocycles. The predicted molar refractivity (Wildman–Crippen MR) is 96.1 cm³/mol. The largest absolute Gasteiger partial charge is 0.326 e. The van der Waals surface area contributed by atoms with Gasteiger partial charge in [0.05, 0.1) is 17.6 Å². The molecule has 0 unspecified atom stereocenters. The molecule has 0 spiro atoms. The fourth-order valence-electron chi connectivity index (χ4n) is 2.87. The van der Waals surface area contributed by atoms with Gasteiger partial charge in [-0.05, 0) is 23.8 Å². The first kappa shape index (κ1) is 17.3. The molecule has 2 heterocycles. The van der Waals surface area contributed by atoms with Gasteiger partial charge in [-0.15, -0.1) is 0 Å². The second-order valence-electron chi connectivity index (χ2n) is 6.48. The zero-order chi connectivity index (χ0) is 18.2. The second kappa shape index (κ2) is 6.44. The van der Waals surface area contributed by atoms with Crippen molar-refractivity contribution in [1.82, 2.24) is 9.97 Å². The monoisotopic (exact) mass is 360 g/mol. The summed E-state index contributed by atoms with van der Waals surface area (Å²) in [6.07, 6.45) is 3.09. The highest BCUT2D eigenvalue weighted by molar-refractivity contribution is 7.92. The smallest absolute Gasteiger partial charge is 0.229 e. The maximum atomic E-state index is 12.1. The third-order valence-electron chi connectivity index (χ3n) is 3.96. The van der Waals surface area contributed by atoms with Crippen molar-refractivity contribution < 1.29 is 13.2 Å². The Hall–Kier alpha value is -2.48. The Kier molecular flexibility index (Phi) is 4.47. The molecule has 3 rings (SSSR count). The number of aromatic nitrogens is 2. The fraction of sp³-hybridized carbons (Fsp3) is 0.353. The molecule has 1 amide bonds. The quantitative estimate of drug-likeness (QED) is 0.872. The average molecular weight is 360 g/mol. The van der Waals surface area contributed by atoms with Crippen molar-refractivity contribution >= 4 is 27.3 Å². The molecule has 2 N–H and O–H groups in total. The number of nitrogens with zero attached hydrogens (tertiary/aromatic N) is 2. The lowest BCUT2D eigenvalue weighted by atomic mass is 9.87. The number of hydrogen-bond acceptors (Lipinski definition) is 5. The highest BCUT2D eigenvalue weighted by Crippen LogP contribution is 2.37. The van der Waals surface area contributed by atoms with E-state index in [0.717, 1.165) is 23.3 Å². The lowest BCUT2D eigenvalue weighted by Gasteiger charge is -2.26. The van der Waals surface area contributed by atoms with E-state index in [4.69, 9.17) is 0 Å². The molecule has 0 saturated heterocycles. The standard InChI is InChI=1S/C17H20N4O3S/c1-10(2)17-18-7-6-14(20-17)13-9-16(22)19-15-8-11(4-5-12(13)15)21-25(3,23)24/h4-8,10,13,21H,9H2,1-3H3,(H,19,22)/t13-/m0/s1. The van der Waals surface area contributed by atoms with Crippen LogP contribution in [-0.4, -0.2) is 30.5 Å². The Balaban J connectivity index is 2.02. The van der Waals surface area contributed by atoms with Gasteiger partial charge in [0, 0.05) is 30.1 Å². The molecule has 8 heteroatoms. The number of amides is 1. The number of nitrogens with one attached hydrogen (secondary N) is 2. The molecule has 0 radical (unpaired) electrons. The Morgan fingerprint density at radius 3 is 2.72 bits per heavy atom. The van der Waals surface area contributed by atoms with Crippen molar-refractivity contribution in [2.45, 2.75) is 32.1 Å². The summed E-state index contributed by atoms with van der Waals surface area (Å²) in [5, 5.41) is 2.81. The summed E-state index contributed by atoms with van der Waals surface area (Å²) in [6.45, 7) is 4.04. The van der Waals surface area contributed by atoms with E-state index in [1.165, 1.54) is 0 Å². The normalized spacial score (nSPS) is 17.1. The van der Waals surface area contributed by atoms with Crippen LogP contribution in [0.1, 0.15) is 49.2 Å². The van der Waals surface area contributed by atoms with Crippen molar-refractivity contribution in [3.8, 4) is 0 Å². The van der Waals surface area contributed by atoms with Gasteiger partial charge in [0.1, 0.15) is 5.82 Å². The lowest BCUT2D eigenvalue weighted by Crippen LogP contribution is -2.24. The fourth-order valence-corrected chi connectivity index (χ4v) is 3.42. The van der Waals surface area contributed by atoms with E-state index < -0.39 is 10.0 Å². The van der Waals surface area contributed by atoms with E-state index in [1.54, 1.807) is 18.3 Å². The number of rotatable bonds is 4. The number of fused-ring (bicyclic) bond motifs is 1. The van der Waals surface area contributed by atoms with Gasteiger partial charge in [0.25, 0.3) is 0 Å². The predicted octanol–water partition coefficient (Wildman–Crippen LogP) is 2.45. The first-order chi connectivity index (χ1) is 11.7. The summed E-state index contributed by atoms with van der Waals surface area (Å²) >= 11 is 0. The number of benzene rings is 1. The minimum Gasteiger partial charge on any atom is -0.326 e. The molecule has 0 fully saturated rings. The van der Waals surface area contributed by atoms with Gasteiger partial charge >= 0.3 is 0 Å². The molecule has 25 heavy (non-hydrogen) atoms. The van der Waals surface area contributed by atoms with Crippen LogP contribution in [0.2, 0.25) is 0 Å². The molecular formula is C17H20N4O3S. The van der Waals surface area contributed by atoms with Crippen molar-refractivity contribution in [3.05, 3.63) is 47.5 Å². The van der Waals surface area contributed by atoms with Crippen LogP contribution in [0, 0.1) is 0 Å². The van der Waals surface area contributed by atoms with Crippen molar-refractivity contribution in [2.75, 3.05) is 16.3 Å². The lowest BCUT2D eigenvalue weighted by molar-refractivity contribution is -0.116. The van der Waals surface area contributed by atoms with Crippen molar-refractivity contribution in [2.24, 2.45) is 0 Å². The summed E-state index contributed by atoms with van der Waals surface area (Å²) in [5.41, 5.74) is 2.71. The van der Waals surface area contributed by atoms with Crippen LogP contribution in [-0.2, 0) is 14.8 Å². The van der Waals surface area contributed by atoms with E-state index in [1.807, 2.05) is 26.0 Å². The molecule has 2 aromatic rings. The topological polar surface area (TPSA) is 101 Å². The number of carbonyl (C=O) groups excluding carboxylic acids is 1. The Labute approximate surface area is 146 Å². The molecule has 7 nitrogen and oxygen atoms in total. The number of anilines is 2. The van der Waals surface area contributed by atoms with Crippen molar-refractivity contribution in [1.29, 1.82) is 0 Å². The molecule has 1 aromatic carbocycles. The maximum absolute atomic E-state index is 12.1. The van der Waals surface area contributed by atoms with Crippen LogP contribution in [0.5, 0.6) is 0 Å². The molecule has 1 aliphatic rings. The number of hydrogen-bond donors (Lipinski definition) is 2. The Morgan fingerprint density at radius 1 is 1.28 bits per heavy atom. The van der Waals surface area contributed by atoms with E-state index in [0.29, 0.717) is 17.8 Å². The average Bonchev–Trinajstić information content (AvgIpc) is 2.52. The summed E-state index contributed by atoms with van der Waals surface area (Å²) < 4.78 is 25.2. The van der Waals surface area contributed by atoms with E-state index in [-0.39, 0.29) is 17.7 Å². The molecule has 132 valence electrons. The molecule has 1 aliphatic heterocycles. The van der Waals surface area contributed by atoms with E-state index >= 15 is 0 Å². The van der Waals surface area contributed by atoms with E-state index in [2.05, 4.69) is 20.0 Å². The van der Waals surface area contributed by atoms with Crippen molar-refractivity contribution in [3.63, 3.8) is 0 Å². The first-order valence-corrected chi connectivity index (χ1v) is 9.86.